The van der Waals surface area contributed by atoms with Gasteiger partial charge in [0.1, 0.15) is 16.6 Å². The van der Waals surface area contributed by atoms with Crippen LogP contribution < -0.4 is 15.4 Å². The first-order valence-corrected chi connectivity index (χ1v) is 6.85. The van der Waals surface area contributed by atoms with Gasteiger partial charge in [0.25, 0.3) is 0 Å². The number of nitrogens with two attached hydrogens (primary N) is 1. The van der Waals surface area contributed by atoms with Gasteiger partial charge >= 0.3 is 0 Å². The van der Waals surface area contributed by atoms with Gasteiger partial charge in [-0.2, -0.15) is 0 Å². The lowest BCUT2D eigenvalue weighted by molar-refractivity contribution is 0.414. The van der Waals surface area contributed by atoms with E-state index in [0.717, 1.165) is 11.3 Å². The highest BCUT2D eigenvalue weighted by Crippen LogP contribution is 2.22. The normalized spacial score (nSPS) is 10.2. The summed E-state index contributed by atoms with van der Waals surface area (Å²) >= 11 is 5.03. The molecule has 0 amide bonds. The number of methoxy groups -OCH3 is 1. The molecule has 0 aliphatic heterocycles. The van der Waals surface area contributed by atoms with E-state index in [0.29, 0.717) is 22.8 Å². The SMILES string of the molecule is COc1ccc(CN(C)c2cccc(F)c2)cc1C(N)=S. The molecule has 3 nitrogen and oxygen atoms in total. The zero-order valence-electron chi connectivity index (χ0n) is 12.0. The lowest BCUT2D eigenvalue weighted by Crippen LogP contribution is -2.17. The molecular formula is C16H17FN2OS. The highest BCUT2D eigenvalue weighted by atomic mass is 32.1. The molecule has 2 N–H and O–H groups in total. The Labute approximate surface area is 129 Å². The highest BCUT2D eigenvalue weighted by Gasteiger charge is 2.09. The predicted molar refractivity (Wildman–Crippen MR) is 87.4 cm³/mol. The summed E-state index contributed by atoms with van der Waals surface area (Å²) in [7, 11) is 3.48. The fourth-order valence-corrected chi connectivity index (χ4v) is 2.28. The second-order valence-corrected chi connectivity index (χ2v) is 5.17. The van der Waals surface area contributed by atoms with Gasteiger partial charge in [-0.3, -0.25) is 0 Å². The van der Waals surface area contributed by atoms with E-state index in [4.69, 9.17) is 22.7 Å². The maximum absolute atomic E-state index is 13.3. The molecule has 2 rings (SSSR count). The molecule has 0 aliphatic carbocycles. The molecule has 0 aromatic heterocycles. The topological polar surface area (TPSA) is 38.5 Å². The molecule has 0 heterocycles. The number of anilines is 1. The van der Waals surface area contributed by atoms with Crippen molar-refractivity contribution in [1.82, 2.24) is 0 Å². The van der Waals surface area contributed by atoms with Crippen molar-refractivity contribution in [2.75, 3.05) is 19.1 Å². The van der Waals surface area contributed by atoms with Crippen LogP contribution in [0.15, 0.2) is 42.5 Å². The van der Waals surface area contributed by atoms with Crippen LogP contribution in [0.25, 0.3) is 0 Å². The Morgan fingerprint density at radius 2 is 2.05 bits per heavy atom. The quantitative estimate of drug-likeness (QED) is 0.862. The minimum Gasteiger partial charge on any atom is -0.496 e. The molecule has 2 aromatic carbocycles. The molecule has 0 aliphatic rings. The van der Waals surface area contributed by atoms with E-state index in [1.807, 2.05) is 36.2 Å². The summed E-state index contributed by atoms with van der Waals surface area (Å²) in [6.45, 7) is 0.614. The van der Waals surface area contributed by atoms with Crippen molar-refractivity contribution >= 4 is 22.9 Å². The van der Waals surface area contributed by atoms with Crippen LogP contribution in [-0.4, -0.2) is 19.1 Å². The second kappa shape index (κ2) is 6.54. The van der Waals surface area contributed by atoms with E-state index >= 15 is 0 Å². The Bertz CT molecular complexity index is 660. The first-order valence-electron chi connectivity index (χ1n) is 6.44. The largest absolute Gasteiger partial charge is 0.496 e. The summed E-state index contributed by atoms with van der Waals surface area (Å²) in [5, 5.41) is 0. The Morgan fingerprint density at radius 3 is 2.67 bits per heavy atom. The monoisotopic (exact) mass is 304 g/mol. The Kier molecular flexibility index (Phi) is 4.75. The van der Waals surface area contributed by atoms with E-state index in [1.54, 1.807) is 13.2 Å². The van der Waals surface area contributed by atoms with E-state index in [9.17, 15) is 4.39 Å². The maximum atomic E-state index is 13.3. The summed E-state index contributed by atoms with van der Waals surface area (Å²) in [4.78, 5) is 2.25. The van der Waals surface area contributed by atoms with Crippen LogP contribution in [0.3, 0.4) is 0 Å². The lowest BCUT2D eigenvalue weighted by Gasteiger charge is -2.20. The number of halogens is 1. The summed E-state index contributed by atoms with van der Waals surface area (Å²) in [5.41, 5.74) is 8.24. The molecule has 21 heavy (non-hydrogen) atoms. The van der Waals surface area contributed by atoms with Gasteiger partial charge in [0, 0.05) is 19.3 Å². The molecule has 2 aromatic rings. The summed E-state index contributed by atoms with van der Waals surface area (Å²) in [5.74, 6) is 0.401. The van der Waals surface area contributed by atoms with Crippen LogP contribution in [0.2, 0.25) is 0 Å². The second-order valence-electron chi connectivity index (χ2n) is 4.73. The molecule has 0 atom stereocenters. The standard InChI is InChI=1S/C16H17FN2OS/c1-19(13-5-3-4-12(17)9-13)10-11-6-7-15(20-2)14(8-11)16(18)21/h3-9H,10H2,1-2H3,(H2,18,21). The summed E-state index contributed by atoms with van der Waals surface area (Å²) in [6.07, 6.45) is 0. The van der Waals surface area contributed by atoms with Crippen LogP contribution in [-0.2, 0) is 6.54 Å². The molecule has 0 fully saturated rings. The number of ether oxygens (including phenoxy) is 1. The smallest absolute Gasteiger partial charge is 0.129 e. The summed E-state index contributed by atoms with van der Waals surface area (Å²) < 4.78 is 18.5. The number of thiocarbonyl (C=S) groups is 1. The Morgan fingerprint density at radius 1 is 1.29 bits per heavy atom. The van der Waals surface area contributed by atoms with Crippen molar-refractivity contribution in [2.45, 2.75) is 6.54 Å². The van der Waals surface area contributed by atoms with E-state index in [2.05, 4.69) is 0 Å². The molecule has 0 saturated heterocycles. The first-order chi connectivity index (χ1) is 10.0. The molecule has 0 unspecified atom stereocenters. The molecule has 0 saturated carbocycles. The third-order valence-electron chi connectivity index (χ3n) is 3.20. The molecule has 0 spiro atoms. The van der Waals surface area contributed by atoms with Crippen molar-refractivity contribution in [1.29, 1.82) is 0 Å². The predicted octanol–water partition coefficient (Wildman–Crippen LogP) is 3.10. The van der Waals surface area contributed by atoms with Crippen LogP contribution in [0.1, 0.15) is 11.1 Å². The van der Waals surface area contributed by atoms with Gasteiger partial charge in [-0.05, 0) is 35.9 Å². The average molecular weight is 304 g/mol. The van der Waals surface area contributed by atoms with Gasteiger partial charge in [0.2, 0.25) is 0 Å². The highest BCUT2D eigenvalue weighted by molar-refractivity contribution is 7.80. The Balaban J connectivity index is 2.23. The Hall–Kier alpha value is -2.14. The van der Waals surface area contributed by atoms with Crippen LogP contribution in [0.5, 0.6) is 5.75 Å². The molecule has 110 valence electrons. The fraction of sp³-hybridized carbons (Fsp3) is 0.188. The van der Waals surface area contributed by atoms with Gasteiger partial charge in [0.05, 0.1) is 12.7 Å². The third kappa shape index (κ3) is 3.70. The number of benzene rings is 2. The van der Waals surface area contributed by atoms with Crippen molar-refractivity contribution in [2.24, 2.45) is 5.73 Å². The number of hydrogen-bond acceptors (Lipinski definition) is 3. The van der Waals surface area contributed by atoms with Crippen molar-refractivity contribution in [3.8, 4) is 5.75 Å². The van der Waals surface area contributed by atoms with Crippen molar-refractivity contribution < 1.29 is 9.13 Å². The zero-order valence-corrected chi connectivity index (χ0v) is 12.8. The van der Waals surface area contributed by atoms with E-state index in [-0.39, 0.29) is 5.82 Å². The van der Waals surface area contributed by atoms with Gasteiger partial charge in [-0.1, -0.05) is 24.4 Å². The minimum absolute atomic E-state index is 0.252. The molecule has 0 bridgehead atoms. The maximum Gasteiger partial charge on any atom is 0.129 e. The average Bonchev–Trinajstić information content (AvgIpc) is 2.47. The number of rotatable bonds is 5. The van der Waals surface area contributed by atoms with Crippen molar-refractivity contribution in [3.05, 3.63) is 59.4 Å². The lowest BCUT2D eigenvalue weighted by atomic mass is 10.1. The number of nitrogens with zero attached hydrogens (tertiary/aromatic N) is 1. The molecule has 0 radical (unpaired) electrons. The van der Waals surface area contributed by atoms with Gasteiger partial charge in [-0.25, -0.2) is 4.39 Å². The van der Waals surface area contributed by atoms with E-state index < -0.39 is 0 Å². The van der Waals surface area contributed by atoms with Crippen LogP contribution >= 0.6 is 12.2 Å². The third-order valence-corrected chi connectivity index (χ3v) is 3.42. The summed E-state index contributed by atoms with van der Waals surface area (Å²) in [6, 6.07) is 12.2. The minimum atomic E-state index is -0.252. The van der Waals surface area contributed by atoms with E-state index in [1.165, 1.54) is 12.1 Å². The molecule has 5 heteroatoms. The van der Waals surface area contributed by atoms with Crippen molar-refractivity contribution in [3.63, 3.8) is 0 Å². The van der Waals surface area contributed by atoms with Gasteiger partial charge in [0.15, 0.2) is 0 Å². The first kappa shape index (κ1) is 15.3. The van der Waals surface area contributed by atoms with Crippen LogP contribution in [0.4, 0.5) is 10.1 Å². The zero-order chi connectivity index (χ0) is 15.4. The van der Waals surface area contributed by atoms with Gasteiger partial charge in [-0.15, -0.1) is 0 Å². The number of hydrogen-bond donors (Lipinski definition) is 1. The van der Waals surface area contributed by atoms with Crippen LogP contribution in [0, 0.1) is 5.82 Å². The molecular weight excluding hydrogens is 287 g/mol. The fourth-order valence-electron chi connectivity index (χ4n) is 2.12. The van der Waals surface area contributed by atoms with Gasteiger partial charge < -0.3 is 15.4 Å².